The van der Waals surface area contributed by atoms with E-state index in [2.05, 4.69) is 15.3 Å². The Bertz CT molecular complexity index is 507. The van der Waals surface area contributed by atoms with Crippen molar-refractivity contribution < 1.29 is 4.79 Å². The van der Waals surface area contributed by atoms with Crippen LogP contribution in [0, 0.1) is 13.8 Å². The predicted octanol–water partition coefficient (Wildman–Crippen LogP) is 2.41. The van der Waals surface area contributed by atoms with Crippen molar-refractivity contribution in [1.29, 1.82) is 0 Å². The van der Waals surface area contributed by atoms with Gasteiger partial charge >= 0.3 is 0 Å². The molecule has 0 aliphatic heterocycles. The van der Waals surface area contributed by atoms with Crippen LogP contribution in [-0.4, -0.2) is 15.9 Å². The molecule has 1 amide bonds. The molecular weight excluding hydrogens is 222 g/mol. The van der Waals surface area contributed by atoms with E-state index in [0.29, 0.717) is 10.6 Å². The number of anilines is 1. The van der Waals surface area contributed by atoms with E-state index in [1.165, 1.54) is 11.3 Å². The zero-order chi connectivity index (χ0) is 11.5. The van der Waals surface area contributed by atoms with E-state index in [1.54, 1.807) is 24.5 Å². The highest BCUT2D eigenvalue weighted by atomic mass is 32.1. The fraction of sp³-hybridized carbons (Fsp3) is 0.182. The molecule has 0 aromatic carbocycles. The van der Waals surface area contributed by atoms with Gasteiger partial charge < -0.3 is 5.32 Å². The summed E-state index contributed by atoms with van der Waals surface area (Å²) >= 11 is 1.40. The molecule has 0 unspecified atom stereocenters. The molecule has 0 fully saturated rings. The summed E-state index contributed by atoms with van der Waals surface area (Å²) in [5.74, 6) is -0.129. The molecule has 0 aliphatic rings. The third-order valence-electron chi connectivity index (χ3n) is 2.03. The number of rotatable bonds is 2. The number of aryl methyl sites for hydroxylation is 2. The van der Waals surface area contributed by atoms with Crippen LogP contribution in [0.1, 0.15) is 20.4 Å². The number of aromatic nitrogens is 2. The van der Waals surface area contributed by atoms with Gasteiger partial charge in [0.25, 0.3) is 5.91 Å². The lowest BCUT2D eigenvalue weighted by molar-refractivity contribution is 0.103. The van der Waals surface area contributed by atoms with E-state index in [-0.39, 0.29) is 5.91 Å². The Hall–Kier alpha value is -1.75. The number of carbonyl (C=O) groups is 1. The van der Waals surface area contributed by atoms with Crippen LogP contribution in [0.2, 0.25) is 0 Å². The largest absolute Gasteiger partial charge is 0.320 e. The second-order valence-electron chi connectivity index (χ2n) is 3.34. The van der Waals surface area contributed by atoms with Crippen LogP contribution in [-0.2, 0) is 0 Å². The van der Waals surface area contributed by atoms with Crippen molar-refractivity contribution in [2.45, 2.75) is 13.8 Å². The third-order valence-corrected chi connectivity index (χ3v) is 3.10. The first-order chi connectivity index (χ1) is 7.66. The lowest BCUT2D eigenvalue weighted by atomic mass is 10.3. The molecule has 4 nitrogen and oxygen atoms in total. The second-order valence-corrected chi connectivity index (χ2v) is 4.55. The minimum absolute atomic E-state index is 0.129. The van der Waals surface area contributed by atoms with Gasteiger partial charge in [0.05, 0.1) is 22.6 Å². The summed E-state index contributed by atoms with van der Waals surface area (Å²) in [4.78, 5) is 20.7. The third kappa shape index (κ3) is 2.25. The summed E-state index contributed by atoms with van der Waals surface area (Å²) in [5, 5.41) is 3.68. The summed E-state index contributed by atoms with van der Waals surface area (Å²) in [6, 6.07) is 3.58. The minimum atomic E-state index is -0.129. The number of nitrogens with zero attached hydrogens (tertiary/aromatic N) is 2. The first-order valence-electron chi connectivity index (χ1n) is 4.82. The van der Waals surface area contributed by atoms with Gasteiger partial charge in [-0.3, -0.25) is 9.78 Å². The molecule has 82 valence electrons. The average molecular weight is 233 g/mol. The Labute approximate surface area is 97.4 Å². The molecule has 2 rings (SSSR count). The van der Waals surface area contributed by atoms with Gasteiger partial charge in [0, 0.05) is 6.20 Å². The van der Waals surface area contributed by atoms with Crippen molar-refractivity contribution in [2.75, 3.05) is 5.32 Å². The van der Waals surface area contributed by atoms with E-state index in [0.717, 1.165) is 10.7 Å². The van der Waals surface area contributed by atoms with E-state index < -0.39 is 0 Å². The number of pyridine rings is 1. The highest BCUT2D eigenvalue weighted by Gasteiger charge is 2.13. The lowest BCUT2D eigenvalue weighted by Gasteiger charge is -2.02. The first-order valence-corrected chi connectivity index (χ1v) is 5.64. The lowest BCUT2D eigenvalue weighted by Crippen LogP contribution is -2.11. The highest BCUT2D eigenvalue weighted by molar-refractivity contribution is 7.13. The fourth-order valence-electron chi connectivity index (χ4n) is 1.37. The highest BCUT2D eigenvalue weighted by Crippen LogP contribution is 2.18. The van der Waals surface area contributed by atoms with Crippen LogP contribution in [0.5, 0.6) is 0 Å². The van der Waals surface area contributed by atoms with Crippen LogP contribution >= 0.6 is 11.3 Å². The van der Waals surface area contributed by atoms with E-state index in [4.69, 9.17) is 0 Å². The van der Waals surface area contributed by atoms with Gasteiger partial charge in [0.1, 0.15) is 4.88 Å². The smallest absolute Gasteiger partial charge is 0.267 e. The standard InChI is InChI=1S/C11H11N3OS/c1-7-10(16-8(2)13-7)11(15)14-9-4-3-5-12-6-9/h3-6H,1-2H3,(H,14,15). The molecule has 2 aromatic rings. The van der Waals surface area contributed by atoms with Crippen molar-refractivity contribution in [3.8, 4) is 0 Å². The fourth-order valence-corrected chi connectivity index (χ4v) is 2.18. The molecule has 0 aliphatic carbocycles. The number of hydrogen-bond donors (Lipinski definition) is 1. The van der Waals surface area contributed by atoms with Crippen molar-refractivity contribution in [2.24, 2.45) is 0 Å². The molecule has 0 atom stereocenters. The Morgan fingerprint density at radius 2 is 2.25 bits per heavy atom. The SMILES string of the molecule is Cc1nc(C)c(C(=O)Nc2cccnc2)s1. The zero-order valence-electron chi connectivity index (χ0n) is 9.02. The molecule has 0 bridgehead atoms. The number of hydrogen-bond acceptors (Lipinski definition) is 4. The van der Waals surface area contributed by atoms with Crippen LogP contribution in [0.4, 0.5) is 5.69 Å². The van der Waals surface area contributed by atoms with Gasteiger partial charge in [-0.15, -0.1) is 11.3 Å². The predicted molar refractivity (Wildman–Crippen MR) is 63.8 cm³/mol. The minimum Gasteiger partial charge on any atom is -0.320 e. The molecule has 0 spiro atoms. The number of carbonyl (C=O) groups excluding carboxylic acids is 1. The topological polar surface area (TPSA) is 54.9 Å². The van der Waals surface area contributed by atoms with Gasteiger partial charge in [-0.1, -0.05) is 0 Å². The van der Waals surface area contributed by atoms with Crippen molar-refractivity contribution in [3.63, 3.8) is 0 Å². The maximum absolute atomic E-state index is 11.9. The summed E-state index contributed by atoms with van der Waals surface area (Å²) in [6.07, 6.45) is 3.28. The number of thiazole rings is 1. The van der Waals surface area contributed by atoms with Crippen LogP contribution in [0.3, 0.4) is 0 Å². The summed E-state index contributed by atoms with van der Waals surface area (Å²) in [7, 11) is 0. The molecule has 1 N–H and O–H groups in total. The summed E-state index contributed by atoms with van der Waals surface area (Å²) in [6.45, 7) is 3.72. The van der Waals surface area contributed by atoms with Crippen LogP contribution < -0.4 is 5.32 Å². The Kier molecular flexibility index (Phi) is 2.96. The van der Waals surface area contributed by atoms with Gasteiger partial charge in [-0.2, -0.15) is 0 Å². The normalized spacial score (nSPS) is 10.1. The van der Waals surface area contributed by atoms with E-state index >= 15 is 0 Å². The quantitative estimate of drug-likeness (QED) is 0.866. The maximum Gasteiger partial charge on any atom is 0.267 e. The van der Waals surface area contributed by atoms with E-state index in [1.807, 2.05) is 13.8 Å². The average Bonchev–Trinajstić information content (AvgIpc) is 2.59. The van der Waals surface area contributed by atoms with Crippen LogP contribution in [0.15, 0.2) is 24.5 Å². The van der Waals surface area contributed by atoms with Gasteiger partial charge in [0.2, 0.25) is 0 Å². The molecule has 16 heavy (non-hydrogen) atoms. The van der Waals surface area contributed by atoms with Gasteiger partial charge in [-0.05, 0) is 26.0 Å². The monoisotopic (exact) mass is 233 g/mol. The Morgan fingerprint density at radius 1 is 1.44 bits per heavy atom. The summed E-state index contributed by atoms with van der Waals surface area (Å²) < 4.78 is 0. The number of nitrogens with one attached hydrogen (secondary N) is 1. The van der Waals surface area contributed by atoms with Gasteiger partial charge in [0.15, 0.2) is 0 Å². The maximum atomic E-state index is 11.9. The molecule has 2 heterocycles. The molecule has 2 aromatic heterocycles. The molecular formula is C11H11N3OS. The van der Waals surface area contributed by atoms with Gasteiger partial charge in [-0.25, -0.2) is 4.98 Å². The number of amides is 1. The first kappa shape index (κ1) is 10.8. The Morgan fingerprint density at radius 3 is 2.81 bits per heavy atom. The Balaban J connectivity index is 2.18. The molecule has 0 saturated carbocycles. The van der Waals surface area contributed by atoms with E-state index in [9.17, 15) is 4.79 Å². The summed E-state index contributed by atoms with van der Waals surface area (Å²) in [5.41, 5.74) is 1.46. The molecule has 0 saturated heterocycles. The molecule has 5 heteroatoms. The zero-order valence-corrected chi connectivity index (χ0v) is 9.84. The van der Waals surface area contributed by atoms with Crippen molar-refractivity contribution in [1.82, 2.24) is 9.97 Å². The van der Waals surface area contributed by atoms with Crippen LogP contribution in [0.25, 0.3) is 0 Å². The molecule has 0 radical (unpaired) electrons. The second kappa shape index (κ2) is 4.40. The van der Waals surface area contributed by atoms with Crippen molar-refractivity contribution >= 4 is 22.9 Å². The van der Waals surface area contributed by atoms with Crippen molar-refractivity contribution in [3.05, 3.63) is 40.1 Å².